The largest absolute Gasteiger partial charge is 0.497 e. The van der Waals surface area contributed by atoms with Gasteiger partial charge in [-0.2, -0.15) is 5.10 Å². The summed E-state index contributed by atoms with van der Waals surface area (Å²) >= 11 is 0. The minimum absolute atomic E-state index is 0.717. The van der Waals surface area contributed by atoms with Crippen LogP contribution in [-0.4, -0.2) is 64.0 Å². The first-order valence-corrected chi connectivity index (χ1v) is 11.4. The third-order valence-electron chi connectivity index (χ3n) is 6.79. The van der Waals surface area contributed by atoms with E-state index in [1.54, 1.807) is 7.11 Å². The van der Waals surface area contributed by atoms with Gasteiger partial charge in [-0.25, -0.2) is 0 Å². The van der Waals surface area contributed by atoms with Gasteiger partial charge in [0.25, 0.3) is 0 Å². The maximum Gasteiger partial charge on any atom is 0.119 e. The molecule has 4 heterocycles. The molecular formula is C24H33N5O2. The molecule has 2 aliphatic heterocycles. The molecule has 2 aliphatic rings. The average Bonchev–Trinajstić information content (AvgIpc) is 3.32. The molecule has 31 heavy (non-hydrogen) atoms. The topological polar surface area (TPSA) is 47.7 Å². The molecule has 0 aliphatic carbocycles. The Morgan fingerprint density at radius 3 is 2.61 bits per heavy atom. The molecule has 0 unspecified atom stereocenters. The molecule has 0 saturated carbocycles. The monoisotopic (exact) mass is 423 g/mol. The van der Waals surface area contributed by atoms with Crippen molar-refractivity contribution in [2.75, 3.05) is 39.9 Å². The van der Waals surface area contributed by atoms with Crippen LogP contribution in [0.4, 0.5) is 0 Å². The fourth-order valence-electron chi connectivity index (χ4n) is 5.03. The zero-order valence-corrected chi connectivity index (χ0v) is 18.9. The predicted octanol–water partition coefficient (Wildman–Crippen LogP) is 2.79. The highest BCUT2D eigenvalue weighted by atomic mass is 16.5. The Labute approximate surface area is 184 Å². The van der Waals surface area contributed by atoms with E-state index in [4.69, 9.17) is 14.6 Å². The van der Waals surface area contributed by atoms with E-state index in [1.807, 2.05) is 6.07 Å². The smallest absolute Gasteiger partial charge is 0.119 e. The second-order valence-corrected chi connectivity index (χ2v) is 8.69. The van der Waals surface area contributed by atoms with Gasteiger partial charge in [-0.3, -0.25) is 14.5 Å². The molecule has 3 aromatic rings. The lowest BCUT2D eigenvalue weighted by molar-refractivity contribution is 0.104. The lowest BCUT2D eigenvalue weighted by Gasteiger charge is -2.34. The Hall–Kier alpha value is -2.35. The molecule has 5 rings (SSSR count). The lowest BCUT2D eigenvalue weighted by Crippen LogP contribution is -2.45. The maximum atomic E-state index is 5.73. The summed E-state index contributed by atoms with van der Waals surface area (Å²) in [5.41, 5.74) is 6.56. The minimum atomic E-state index is 0.717. The van der Waals surface area contributed by atoms with Gasteiger partial charge in [0, 0.05) is 87.6 Å². The Balaban J connectivity index is 1.24. The van der Waals surface area contributed by atoms with Crippen LogP contribution in [0.15, 0.2) is 24.4 Å². The van der Waals surface area contributed by atoms with E-state index < -0.39 is 0 Å². The van der Waals surface area contributed by atoms with Gasteiger partial charge in [0.2, 0.25) is 0 Å². The van der Waals surface area contributed by atoms with Crippen molar-refractivity contribution in [3.63, 3.8) is 0 Å². The molecule has 7 nitrogen and oxygen atoms in total. The summed E-state index contributed by atoms with van der Waals surface area (Å²) in [6, 6.07) is 6.35. The van der Waals surface area contributed by atoms with Crippen molar-refractivity contribution in [2.24, 2.45) is 7.05 Å². The molecule has 1 fully saturated rings. The number of ether oxygens (including phenoxy) is 2. The zero-order valence-electron chi connectivity index (χ0n) is 18.9. The molecule has 1 aromatic carbocycles. The average molecular weight is 424 g/mol. The summed E-state index contributed by atoms with van der Waals surface area (Å²) in [4.78, 5) is 5.10. The third kappa shape index (κ3) is 3.97. The van der Waals surface area contributed by atoms with Crippen molar-refractivity contribution in [2.45, 2.75) is 39.6 Å². The van der Waals surface area contributed by atoms with Crippen molar-refractivity contribution in [3.8, 4) is 5.75 Å². The standard InChI is InChI=1S/C24H33N5O2/c1-4-29-24-7-12-31-17-21(24)22(25-29)16-28-10-8-27(9-11-28)15-18-14-26(2)23-6-5-19(30-3)13-20(18)23/h5-6,13-14H,4,7-12,15-17H2,1-3H3. The molecule has 2 aromatic heterocycles. The fraction of sp³-hybridized carbons (Fsp3) is 0.542. The van der Waals surface area contributed by atoms with E-state index >= 15 is 0 Å². The van der Waals surface area contributed by atoms with Gasteiger partial charge in [0.15, 0.2) is 0 Å². The van der Waals surface area contributed by atoms with Gasteiger partial charge in [-0.05, 0) is 30.7 Å². The summed E-state index contributed by atoms with van der Waals surface area (Å²) in [5, 5.41) is 6.20. The Kier molecular flexibility index (Phi) is 5.73. The minimum Gasteiger partial charge on any atom is -0.497 e. The van der Waals surface area contributed by atoms with E-state index in [1.165, 1.54) is 33.4 Å². The number of benzene rings is 1. The van der Waals surface area contributed by atoms with Gasteiger partial charge in [0.1, 0.15) is 5.75 Å². The van der Waals surface area contributed by atoms with Crippen LogP contribution < -0.4 is 4.74 Å². The summed E-state index contributed by atoms with van der Waals surface area (Å²) in [6.45, 7) is 10.8. The Morgan fingerprint density at radius 2 is 1.87 bits per heavy atom. The summed E-state index contributed by atoms with van der Waals surface area (Å²) in [7, 11) is 3.85. The van der Waals surface area contributed by atoms with Gasteiger partial charge < -0.3 is 14.0 Å². The van der Waals surface area contributed by atoms with Gasteiger partial charge in [-0.1, -0.05) is 0 Å². The number of fused-ring (bicyclic) bond motifs is 2. The van der Waals surface area contributed by atoms with E-state index in [-0.39, 0.29) is 0 Å². The molecule has 0 bridgehead atoms. The van der Waals surface area contributed by atoms with Gasteiger partial charge in [0.05, 0.1) is 26.0 Å². The number of hydrogen-bond donors (Lipinski definition) is 0. The molecule has 0 atom stereocenters. The van der Waals surface area contributed by atoms with Crippen molar-refractivity contribution in [3.05, 3.63) is 46.9 Å². The number of hydrogen-bond acceptors (Lipinski definition) is 5. The number of methoxy groups -OCH3 is 1. The van der Waals surface area contributed by atoms with Crippen LogP contribution in [0, 0.1) is 0 Å². The number of piperazine rings is 1. The van der Waals surface area contributed by atoms with E-state index in [2.05, 4.69) is 51.3 Å². The molecule has 1 saturated heterocycles. The van der Waals surface area contributed by atoms with Crippen molar-refractivity contribution in [1.82, 2.24) is 24.1 Å². The first kappa shape index (κ1) is 20.5. The number of rotatable bonds is 6. The number of aryl methyl sites for hydroxylation is 2. The highest BCUT2D eigenvalue weighted by Gasteiger charge is 2.24. The molecule has 0 spiro atoms. The van der Waals surface area contributed by atoms with Crippen LogP contribution in [0.1, 0.15) is 29.4 Å². The zero-order chi connectivity index (χ0) is 21.4. The molecule has 0 N–H and O–H groups in total. The Morgan fingerprint density at radius 1 is 1.10 bits per heavy atom. The van der Waals surface area contributed by atoms with Crippen LogP contribution in [0.5, 0.6) is 5.75 Å². The van der Waals surface area contributed by atoms with Crippen LogP contribution in [0.3, 0.4) is 0 Å². The van der Waals surface area contributed by atoms with Crippen molar-refractivity contribution >= 4 is 10.9 Å². The van der Waals surface area contributed by atoms with Crippen molar-refractivity contribution in [1.29, 1.82) is 0 Å². The van der Waals surface area contributed by atoms with Crippen LogP contribution in [0.2, 0.25) is 0 Å². The SMILES string of the molecule is CCn1nc(CN2CCN(Cc3cn(C)c4ccc(OC)cc34)CC2)c2c1CCOC2. The number of nitrogens with zero attached hydrogens (tertiary/aromatic N) is 5. The summed E-state index contributed by atoms with van der Waals surface area (Å²) in [5.74, 6) is 0.920. The maximum absolute atomic E-state index is 5.73. The normalized spacial score (nSPS) is 17.9. The predicted molar refractivity (Wildman–Crippen MR) is 121 cm³/mol. The quantitative estimate of drug-likeness (QED) is 0.610. The Bertz CT molecular complexity index is 1060. The third-order valence-corrected chi connectivity index (χ3v) is 6.79. The van der Waals surface area contributed by atoms with E-state index in [9.17, 15) is 0 Å². The molecular weight excluding hydrogens is 390 g/mol. The van der Waals surface area contributed by atoms with Crippen LogP contribution in [-0.2, 0) is 44.4 Å². The highest BCUT2D eigenvalue weighted by Crippen LogP contribution is 2.27. The van der Waals surface area contributed by atoms with Crippen LogP contribution in [0.25, 0.3) is 10.9 Å². The molecule has 7 heteroatoms. The van der Waals surface area contributed by atoms with Gasteiger partial charge in [-0.15, -0.1) is 0 Å². The second kappa shape index (κ2) is 8.65. The van der Waals surface area contributed by atoms with Gasteiger partial charge >= 0.3 is 0 Å². The number of aromatic nitrogens is 3. The van der Waals surface area contributed by atoms with Crippen LogP contribution >= 0.6 is 0 Å². The summed E-state index contributed by atoms with van der Waals surface area (Å²) < 4.78 is 15.6. The summed E-state index contributed by atoms with van der Waals surface area (Å²) in [6.07, 6.45) is 3.25. The highest BCUT2D eigenvalue weighted by molar-refractivity contribution is 5.85. The first-order valence-electron chi connectivity index (χ1n) is 11.4. The second-order valence-electron chi connectivity index (χ2n) is 8.69. The fourth-order valence-corrected chi connectivity index (χ4v) is 5.03. The molecule has 0 amide bonds. The van der Waals surface area contributed by atoms with E-state index in [0.717, 1.165) is 71.2 Å². The molecule has 0 radical (unpaired) electrons. The van der Waals surface area contributed by atoms with Crippen molar-refractivity contribution < 1.29 is 9.47 Å². The first-order chi connectivity index (χ1) is 15.2. The van der Waals surface area contributed by atoms with E-state index in [0.29, 0.717) is 0 Å². The molecule has 166 valence electrons. The lowest BCUT2D eigenvalue weighted by atomic mass is 10.1.